The van der Waals surface area contributed by atoms with Crippen LogP contribution < -0.4 is 0 Å². The summed E-state index contributed by atoms with van der Waals surface area (Å²) in [7, 11) is 2.19. The van der Waals surface area contributed by atoms with Gasteiger partial charge in [-0.15, -0.1) is 0 Å². The van der Waals surface area contributed by atoms with Gasteiger partial charge >= 0.3 is 0 Å². The van der Waals surface area contributed by atoms with Crippen LogP contribution in [0.1, 0.15) is 37.7 Å². The third-order valence-corrected chi connectivity index (χ3v) is 4.44. The van der Waals surface area contributed by atoms with Gasteiger partial charge < -0.3 is 0 Å². The summed E-state index contributed by atoms with van der Waals surface area (Å²) in [6.07, 6.45) is 6.73. The highest BCUT2D eigenvalue weighted by Crippen LogP contribution is 2.23. The van der Waals surface area contributed by atoms with Crippen LogP contribution in [0.5, 0.6) is 0 Å². The minimum Gasteiger partial charge on any atom is -0.299 e. The quantitative estimate of drug-likeness (QED) is 0.741. The van der Waals surface area contributed by atoms with Gasteiger partial charge in [-0.2, -0.15) is 0 Å². The van der Waals surface area contributed by atoms with Crippen molar-refractivity contribution in [1.82, 2.24) is 4.90 Å². The number of benzene rings is 1. The number of hydrogen-bond acceptors (Lipinski definition) is 1. The molecule has 1 nitrogen and oxygen atoms in total. The molecule has 2 rings (SSSR count). The van der Waals surface area contributed by atoms with Crippen molar-refractivity contribution in [3.8, 4) is 0 Å². The number of rotatable bonds is 3. The second kappa shape index (κ2) is 6.14. The fraction of sp³-hybridized carbons (Fsp3) is 0.571. The summed E-state index contributed by atoms with van der Waals surface area (Å²) in [5.74, 6) is -0.116. The van der Waals surface area contributed by atoms with Crippen LogP contribution in [0, 0.1) is 9.39 Å². The van der Waals surface area contributed by atoms with Crippen molar-refractivity contribution in [1.29, 1.82) is 0 Å². The van der Waals surface area contributed by atoms with Crippen molar-refractivity contribution in [3.05, 3.63) is 33.1 Å². The topological polar surface area (TPSA) is 3.24 Å². The zero-order valence-corrected chi connectivity index (χ0v) is 12.4. The smallest absolute Gasteiger partial charge is 0.136 e. The van der Waals surface area contributed by atoms with Crippen LogP contribution in [-0.4, -0.2) is 18.0 Å². The lowest BCUT2D eigenvalue weighted by molar-refractivity contribution is 0.184. The van der Waals surface area contributed by atoms with Gasteiger partial charge in [0.25, 0.3) is 0 Å². The predicted octanol–water partition coefficient (Wildman–Crippen LogP) is 4.19. The van der Waals surface area contributed by atoms with Crippen LogP contribution in [0.25, 0.3) is 0 Å². The van der Waals surface area contributed by atoms with Crippen LogP contribution in [0.2, 0.25) is 0 Å². The lowest BCUT2D eigenvalue weighted by Crippen LogP contribution is -2.32. The lowest BCUT2D eigenvalue weighted by Gasteiger charge is -2.31. The van der Waals surface area contributed by atoms with Crippen molar-refractivity contribution < 1.29 is 4.39 Å². The summed E-state index contributed by atoms with van der Waals surface area (Å²) in [6, 6.07) is 6.14. The fourth-order valence-electron chi connectivity index (χ4n) is 2.58. The molecule has 1 aromatic rings. The first kappa shape index (κ1) is 13.3. The van der Waals surface area contributed by atoms with Crippen molar-refractivity contribution in [2.75, 3.05) is 7.05 Å². The Kier molecular flexibility index (Phi) is 4.79. The maximum Gasteiger partial charge on any atom is 0.136 e. The van der Waals surface area contributed by atoms with Crippen molar-refractivity contribution in [2.45, 2.75) is 44.7 Å². The molecule has 1 saturated carbocycles. The molecule has 17 heavy (non-hydrogen) atoms. The zero-order chi connectivity index (χ0) is 12.3. The molecule has 0 saturated heterocycles. The van der Waals surface area contributed by atoms with Crippen LogP contribution in [0.3, 0.4) is 0 Å². The van der Waals surface area contributed by atoms with E-state index in [9.17, 15) is 4.39 Å². The number of halogens is 2. The van der Waals surface area contributed by atoms with Crippen LogP contribution >= 0.6 is 22.6 Å². The Morgan fingerprint density at radius 3 is 2.65 bits per heavy atom. The first-order valence-corrected chi connectivity index (χ1v) is 7.39. The molecule has 0 atom stereocenters. The van der Waals surface area contributed by atoms with E-state index in [-0.39, 0.29) is 5.82 Å². The standard InChI is InChI=1S/C14H19FIN/c1-17(12-5-3-2-4-6-12)10-11-7-8-13(15)14(16)9-11/h7-9,12H,2-6,10H2,1H3. The van der Waals surface area contributed by atoms with Gasteiger partial charge in [0.1, 0.15) is 5.82 Å². The summed E-state index contributed by atoms with van der Waals surface area (Å²) >= 11 is 2.06. The minimum atomic E-state index is -0.116. The van der Waals surface area contributed by atoms with Gasteiger partial charge in [-0.3, -0.25) is 4.90 Å². The molecule has 0 heterocycles. The average Bonchev–Trinajstić information content (AvgIpc) is 2.35. The van der Waals surface area contributed by atoms with Crippen molar-refractivity contribution in [3.63, 3.8) is 0 Å². The molecule has 0 aromatic heterocycles. The second-order valence-electron chi connectivity index (χ2n) is 4.96. The van der Waals surface area contributed by atoms with Gasteiger partial charge in [0.05, 0.1) is 0 Å². The highest BCUT2D eigenvalue weighted by Gasteiger charge is 2.18. The first-order chi connectivity index (χ1) is 8.16. The Bertz CT molecular complexity index is 374. The molecule has 0 bridgehead atoms. The number of hydrogen-bond donors (Lipinski definition) is 0. The third-order valence-electron chi connectivity index (χ3n) is 3.61. The molecular formula is C14H19FIN. The predicted molar refractivity (Wildman–Crippen MR) is 77.5 cm³/mol. The van der Waals surface area contributed by atoms with Gasteiger partial charge in [0, 0.05) is 16.2 Å². The largest absolute Gasteiger partial charge is 0.299 e. The van der Waals surface area contributed by atoms with Crippen molar-refractivity contribution in [2.24, 2.45) is 0 Å². The molecule has 3 heteroatoms. The van der Waals surface area contributed by atoms with Crippen LogP contribution in [0.15, 0.2) is 18.2 Å². The summed E-state index contributed by atoms with van der Waals surface area (Å²) in [5, 5.41) is 0. The maximum absolute atomic E-state index is 13.2. The van der Waals surface area contributed by atoms with Gasteiger partial charge in [-0.25, -0.2) is 4.39 Å². The highest BCUT2D eigenvalue weighted by atomic mass is 127. The summed E-state index contributed by atoms with van der Waals surface area (Å²) < 4.78 is 13.9. The summed E-state index contributed by atoms with van der Waals surface area (Å²) in [5.41, 5.74) is 1.21. The average molecular weight is 347 g/mol. The Morgan fingerprint density at radius 2 is 2.00 bits per heavy atom. The molecule has 0 aliphatic heterocycles. The molecule has 1 aromatic carbocycles. The molecule has 0 radical (unpaired) electrons. The lowest BCUT2D eigenvalue weighted by atomic mass is 9.94. The normalized spacial score (nSPS) is 17.6. The molecule has 0 unspecified atom stereocenters. The van der Waals surface area contributed by atoms with E-state index in [1.807, 2.05) is 12.1 Å². The number of nitrogens with zero attached hydrogens (tertiary/aromatic N) is 1. The van der Waals surface area contributed by atoms with E-state index < -0.39 is 0 Å². The SMILES string of the molecule is CN(Cc1ccc(F)c(I)c1)C1CCCCC1. The van der Waals surface area contributed by atoms with E-state index in [0.717, 1.165) is 10.1 Å². The van der Waals surface area contributed by atoms with Crippen molar-refractivity contribution >= 4 is 22.6 Å². The summed E-state index contributed by atoms with van der Waals surface area (Å²) in [6.45, 7) is 0.931. The van der Waals surface area contributed by atoms with E-state index in [2.05, 4.69) is 34.5 Å². The van der Waals surface area contributed by atoms with E-state index >= 15 is 0 Å². The second-order valence-corrected chi connectivity index (χ2v) is 6.12. The molecule has 1 aliphatic rings. The molecule has 0 spiro atoms. The molecule has 0 N–H and O–H groups in total. The van der Waals surface area contributed by atoms with Crippen LogP contribution in [0.4, 0.5) is 4.39 Å². The minimum absolute atomic E-state index is 0.116. The Hall–Kier alpha value is -0.160. The molecule has 1 fully saturated rings. The van der Waals surface area contributed by atoms with Gasteiger partial charge in [0.15, 0.2) is 0 Å². The molecule has 0 amide bonds. The molecule has 1 aliphatic carbocycles. The van der Waals surface area contributed by atoms with Gasteiger partial charge in [-0.1, -0.05) is 25.3 Å². The highest BCUT2D eigenvalue weighted by molar-refractivity contribution is 14.1. The third kappa shape index (κ3) is 3.65. The van der Waals surface area contributed by atoms with Gasteiger partial charge in [-0.05, 0) is 60.2 Å². The zero-order valence-electron chi connectivity index (χ0n) is 10.3. The molecule has 94 valence electrons. The summed E-state index contributed by atoms with van der Waals surface area (Å²) in [4.78, 5) is 2.42. The van der Waals surface area contributed by atoms with E-state index in [4.69, 9.17) is 0 Å². The van der Waals surface area contributed by atoms with Crippen LogP contribution in [-0.2, 0) is 6.54 Å². The van der Waals surface area contributed by atoms with Gasteiger partial charge in [0.2, 0.25) is 0 Å². The Balaban J connectivity index is 1.96. The van der Waals surface area contributed by atoms with E-state index in [1.165, 1.54) is 37.7 Å². The van der Waals surface area contributed by atoms with E-state index in [0.29, 0.717) is 6.04 Å². The first-order valence-electron chi connectivity index (χ1n) is 6.31. The fourth-order valence-corrected chi connectivity index (χ4v) is 3.16. The Labute approximate surface area is 117 Å². The monoisotopic (exact) mass is 347 g/mol. The Morgan fingerprint density at radius 1 is 1.29 bits per heavy atom. The molecular weight excluding hydrogens is 328 g/mol. The van der Waals surface area contributed by atoms with E-state index in [1.54, 1.807) is 6.07 Å². The maximum atomic E-state index is 13.2.